The summed E-state index contributed by atoms with van der Waals surface area (Å²) in [5.74, 6) is 1.01. The highest BCUT2D eigenvalue weighted by Gasteiger charge is 2.21. The van der Waals surface area contributed by atoms with Crippen molar-refractivity contribution in [2.24, 2.45) is 11.8 Å². The van der Waals surface area contributed by atoms with Crippen molar-refractivity contribution in [2.75, 3.05) is 11.9 Å². The molecule has 1 aliphatic carbocycles. The molecule has 0 radical (unpaired) electrons. The summed E-state index contributed by atoms with van der Waals surface area (Å²) in [5.41, 5.74) is 2.12. The van der Waals surface area contributed by atoms with Crippen LogP contribution in [0.3, 0.4) is 0 Å². The summed E-state index contributed by atoms with van der Waals surface area (Å²) in [6.07, 6.45) is 6.31. The fourth-order valence-electron chi connectivity index (χ4n) is 3.15. The molecule has 1 fully saturated rings. The first-order valence-corrected chi connectivity index (χ1v) is 8.29. The molecule has 0 spiro atoms. The normalized spacial score (nSPS) is 16.9. The van der Waals surface area contributed by atoms with Gasteiger partial charge < -0.3 is 10.6 Å². The van der Waals surface area contributed by atoms with Gasteiger partial charge in [0, 0.05) is 18.2 Å². The Hall–Kier alpha value is -1.35. The lowest BCUT2D eigenvalue weighted by atomic mass is 9.94. The van der Waals surface area contributed by atoms with E-state index in [1.165, 1.54) is 31.2 Å². The molecule has 21 heavy (non-hydrogen) atoms. The number of amides is 1. The predicted molar refractivity (Wildman–Crippen MR) is 88.2 cm³/mol. The minimum atomic E-state index is 0.102. The zero-order chi connectivity index (χ0) is 15.1. The summed E-state index contributed by atoms with van der Waals surface area (Å²) in [6.45, 7) is 5.94. The van der Waals surface area contributed by atoms with Crippen molar-refractivity contribution in [3.05, 3.63) is 29.8 Å². The van der Waals surface area contributed by atoms with Crippen LogP contribution in [0, 0.1) is 11.8 Å². The summed E-state index contributed by atoms with van der Waals surface area (Å²) in [7, 11) is 0. The van der Waals surface area contributed by atoms with E-state index in [2.05, 4.69) is 36.6 Å². The number of rotatable bonds is 7. The van der Waals surface area contributed by atoms with Gasteiger partial charge >= 0.3 is 0 Å². The van der Waals surface area contributed by atoms with Gasteiger partial charge in [-0.3, -0.25) is 4.79 Å². The van der Waals surface area contributed by atoms with E-state index in [9.17, 15) is 4.79 Å². The summed E-state index contributed by atoms with van der Waals surface area (Å²) in [5, 5.41) is 6.37. The van der Waals surface area contributed by atoms with E-state index in [1.807, 2.05) is 12.1 Å². The molecule has 1 saturated carbocycles. The molecular formula is C18H28N2O. The largest absolute Gasteiger partial charge is 0.326 e. The predicted octanol–water partition coefficient (Wildman–Crippen LogP) is 3.95. The molecule has 3 nitrogen and oxygen atoms in total. The second-order valence-electron chi connectivity index (χ2n) is 6.26. The molecule has 0 aromatic heterocycles. The molecule has 2 rings (SSSR count). The molecule has 1 amide bonds. The molecule has 1 aliphatic rings. The number of benzene rings is 1. The van der Waals surface area contributed by atoms with Gasteiger partial charge in [-0.25, -0.2) is 0 Å². The Morgan fingerprint density at radius 1 is 1.33 bits per heavy atom. The average molecular weight is 288 g/mol. The minimum Gasteiger partial charge on any atom is -0.326 e. The molecule has 0 heterocycles. The molecule has 0 saturated heterocycles. The Balaban J connectivity index is 1.85. The molecule has 1 aromatic carbocycles. The highest BCUT2D eigenvalue weighted by atomic mass is 16.1. The van der Waals surface area contributed by atoms with Crippen LogP contribution in [-0.4, -0.2) is 12.5 Å². The zero-order valence-corrected chi connectivity index (χ0v) is 13.3. The Bertz CT molecular complexity index is 452. The third-order valence-corrected chi connectivity index (χ3v) is 4.38. The van der Waals surface area contributed by atoms with E-state index in [-0.39, 0.29) is 11.8 Å². The molecule has 1 atom stereocenters. The first-order chi connectivity index (χ1) is 10.2. The summed E-state index contributed by atoms with van der Waals surface area (Å²) in [6, 6.07) is 8.11. The van der Waals surface area contributed by atoms with Crippen LogP contribution in [-0.2, 0) is 11.3 Å². The highest BCUT2D eigenvalue weighted by Crippen LogP contribution is 2.30. The lowest BCUT2D eigenvalue weighted by Crippen LogP contribution is -2.22. The van der Waals surface area contributed by atoms with Gasteiger partial charge in [-0.1, -0.05) is 51.7 Å². The van der Waals surface area contributed by atoms with Crippen LogP contribution in [0.2, 0.25) is 0 Å². The first-order valence-electron chi connectivity index (χ1n) is 8.29. The van der Waals surface area contributed by atoms with Gasteiger partial charge in [0.25, 0.3) is 0 Å². The smallest absolute Gasteiger partial charge is 0.227 e. The van der Waals surface area contributed by atoms with E-state index >= 15 is 0 Å². The van der Waals surface area contributed by atoms with Gasteiger partial charge in [-0.2, -0.15) is 0 Å². The van der Waals surface area contributed by atoms with Crippen molar-refractivity contribution in [3.63, 3.8) is 0 Å². The fourth-order valence-corrected chi connectivity index (χ4v) is 3.15. The monoisotopic (exact) mass is 288 g/mol. The molecule has 3 heteroatoms. The lowest BCUT2D eigenvalue weighted by Gasteiger charge is -2.16. The topological polar surface area (TPSA) is 41.1 Å². The van der Waals surface area contributed by atoms with Crippen molar-refractivity contribution in [1.82, 2.24) is 5.32 Å². The van der Waals surface area contributed by atoms with Gasteiger partial charge in [0.1, 0.15) is 0 Å². The van der Waals surface area contributed by atoms with Crippen molar-refractivity contribution in [1.29, 1.82) is 0 Å². The van der Waals surface area contributed by atoms with Crippen molar-refractivity contribution >= 4 is 11.6 Å². The van der Waals surface area contributed by atoms with Crippen LogP contribution < -0.4 is 10.6 Å². The Morgan fingerprint density at radius 3 is 2.81 bits per heavy atom. The fraction of sp³-hybridized carbons (Fsp3) is 0.611. The molecule has 0 bridgehead atoms. The van der Waals surface area contributed by atoms with Crippen LogP contribution in [0.15, 0.2) is 24.3 Å². The zero-order valence-electron chi connectivity index (χ0n) is 13.3. The van der Waals surface area contributed by atoms with Crippen LogP contribution in [0.1, 0.15) is 51.5 Å². The number of carbonyl (C=O) groups is 1. The van der Waals surface area contributed by atoms with Crippen molar-refractivity contribution < 1.29 is 4.79 Å². The lowest BCUT2D eigenvalue weighted by molar-refractivity contribution is -0.119. The minimum absolute atomic E-state index is 0.102. The van der Waals surface area contributed by atoms with Gasteiger partial charge in [0.15, 0.2) is 0 Å². The molecule has 116 valence electrons. The quantitative estimate of drug-likeness (QED) is 0.797. The van der Waals surface area contributed by atoms with E-state index in [4.69, 9.17) is 0 Å². The maximum Gasteiger partial charge on any atom is 0.227 e. The van der Waals surface area contributed by atoms with Crippen molar-refractivity contribution in [3.8, 4) is 0 Å². The van der Waals surface area contributed by atoms with Gasteiger partial charge in [0.2, 0.25) is 5.91 Å². The molecule has 2 N–H and O–H groups in total. The average Bonchev–Trinajstić information content (AvgIpc) is 2.98. The van der Waals surface area contributed by atoms with E-state index in [0.29, 0.717) is 0 Å². The summed E-state index contributed by atoms with van der Waals surface area (Å²) in [4.78, 5) is 12.3. The Morgan fingerprint density at radius 2 is 2.10 bits per heavy atom. The number of carbonyl (C=O) groups excluding carboxylic acids is 1. The van der Waals surface area contributed by atoms with Gasteiger partial charge in [-0.15, -0.1) is 0 Å². The molecular weight excluding hydrogens is 260 g/mol. The number of anilines is 1. The van der Waals surface area contributed by atoms with Crippen LogP contribution in [0.5, 0.6) is 0 Å². The Labute approximate surface area is 128 Å². The van der Waals surface area contributed by atoms with E-state index < -0.39 is 0 Å². The standard InChI is InChI=1S/C18H28N2O/c1-3-19-13-16-9-6-10-17(12-16)20-18(21)14(2)11-15-7-4-5-8-15/h6,9-10,12,14-15,19H,3-5,7-8,11,13H2,1-2H3,(H,20,21). The molecule has 1 unspecified atom stereocenters. The number of hydrogen-bond donors (Lipinski definition) is 2. The third kappa shape index (κ3) is 5.16. The third-order valence-electron chi connectivity index (χ3n) is 4.38. The number of hydrogen-bond acceptors (Lipinski definition) is 2. The SMILES string of the molecule is CCNCc1cccc(NC(=O)C(C)CC2CCCC2)c1. The maximum atomic E-state index is 12.3. The number of nitrogens with one attached hydrogen (secondary N) is 2. The van der Waals surface area contributed by atoms with Crippen molar-refractivity contribution in [2.45, 2.75) is 52.5 Å². The van der Waals surface area contributed by atoms with Gasteiger partial charge in [-0.05, 0) is 36.6 Å². The van der Waals surface area contributed by atoms with E-state index in [1.54, 1.807) is 0 Å². The second-order valence-corrected chi connectivity index (χ2v) is 6.26. The molecule has 0 aliphatic heterocycles. The molecule has 1 aromatic rings. The highest BCUT2D eigenvalue weighted by molar-refractivity contribution is 5.92. The van der Waals surface area contributed by atoms with Crippen LogP contribution >= 0.6 is 0 Å². The maximum absolute atomic E-state index is 12.3. The second kappa shape index (κ2) is 8.18. The van der Waals surface area contributed by atoms with Crippen LogP contribution in [0.4, 0.5) is 5.69 Å². The summed E-state index contributed by atoms with van der Waals surface area (Å²) < 4.78 is 0. The Kier molecular flexibility index (Phi) is 6.24. The van der Waals surface area contributed by atoms with Gasteiger partial charge in [0.05, 0.1) is 0 Å². The van der Waals surface area contributed by atoms with E-state index in [0.717, 1.165) is 31.1 Å². The first kappa shape index (κ1) is 16.0. The summed E-state index contributed by atoms with van der Waals surface area (Å²) >= 11 is 0. The van der Waals surface area contributed by atoms with Crippen LogP contribution in [0.25, 0.3) is 0 Å².